The number of aliphatic hydroxyl groups excluding tert-OH is 2. The maximum Gasteiger partial charge on any atom is 0.328 e. The maximum atomic E-state index is 13.9. The van der Waals surface area contributed by atoms with Crippen LogP contribution in [0.15, 0.2) is 0 Å². The second-order valence-corrected chi connectivity index (χ2v) is 13.8. The van der Waals surface area contributed by atoms with E-state index in [0.717, 1.165) is 0 Å². The lowest BCUT2D eigenvalue weighted by molar-refractivity contribution is -0.155. The van der Waals surface area contributed by atoms with E-state index in [4.69, 9.17) is 15.9 Å². The number of carbonyl (C=O) groups is 8. The van der Waals surface area contributed by atoms with Crippen LogP contribution in [-0.4, -0.2) is 124 Å². The molecule has 0 aromatic carbocycles. The Labute approximate surface area is 315 Å². The number of hydrogen-bond donors (Lipinski definition) is 11. The molecule has 11 atom stereocenters. The first-order valence-corrected chi connectivity index (χ1v) is 18.1. The molecule has 6 amide bonds. The monoisotopic (exact) mass is 769 g/mol. The van der Waals surface area contributed by atoms with Crippen molar-refractivity contribution < 1.29 is 53.3 Å². The first-order valence-electron chi connectivity index (χ1n) is 18.1. The third kappa shape index (κ3) is 15.2. The fourth-order valence-corrected chi connectivity index (χ4v) is 5.28. The number of ether oxygens (including phenoxy) is 1. The zero-order valence-corrected chi connectivity index (χ0v) is 32.2. The molecule has 1 aliphatic rings. The first-order chi connectivity index (χ1) is 25.1. The number of nitrogens with one attached hydrogen (secondary N) is 8. The maximum absolute atomic E-state index is 13.9. The van der Waals surface area contributed by atoms with Crippen molar-refractivity contribution in [2.45, 2.75) is 142 Å². The minimum atomic E-state index is -1.65. The van der Waals surface area contributed by atoms with Crippen molar-refractivity contribution in [3.63, 3.8) is 0 Å². The molecule has 306 valence electrons. The molecule has 0 spiro atoms. The molecule has 1 rings (SSSR count). The van der Waals surface area contributed by atoms with Crippen LogP contribution in [-0.2, 0) is 43.1 Å². The Balaban J connectivity index is 3.76. The van der Waals surface area contributed by atoms with E-state index in [1.54, 1.807) is 27.7 Å². The summed E-state index contributed by atoms with van der Waals surface area (Å²) < 4.78 is 5.49. The fraction of sp³-hybridized carbons (Fsp3) is 0.735. The lowest BCUT2D eigenvalue weighted by Crippen LogP contribution is -2.63. The van der Waals surface area contributed by atoms with E-state index in [9.17, 15) is 48.6 Å². The van der Waals surface area contributed by atoms with Crippen molar-refractivity contribution in [1.29, 1.82) is 5.41 Å². The number of Topliss-reactive ketones (excluding diaryl/α,β-unsaturated/α-hetero) is 1. The lowest BCUT2D eigenvalue weighted by Gasteiger charge is -2.32. The Morgan fingerprint density at radius 3 is 1.80 bits per heavy atom. The summed E-state index contributed by atoms with van der Waals surface area (Å²) in [6, 6.07) is -8.67. The van der Waals surface area contributed by atoms with Crippen LogP contribution >= 0.6 is 0 Å². The molecule has 0 aromatic rings. The van der Waals surface area contributed by atoms with Crippen LogP contribution in [0.2, 0.25) is 0 Å². The molecule has 0 aliphatic carbocycles. The van der Waals surface area contributed by atoms with Gasteiger partial charge in [-0.3, -0.25) is 34.2 Å². The average Bonchev–Trinajstić information content (AvgIpc) is 3.09. The van der Waals surface area contributed by atoms with Gasteiger partial charge in [-0.15, -0.1) is 0 Å². The molecular formula is C34H59N9O11. The molecule has 12 N–H and O–H groups in total. The number of esters is 1. The van der Waals surface area contributed by atoms with Crippen LogP contribution in [0.3, 0.4) is 0 Å². The normalized spacial score (nSPS) is 27.3. The smallest absolute Gasteiger partial charge is 0.328 e. The molecule has 11 unspecified atom stereocenters. The van der Waals surface area contributed by atoms with Crippen molar-refractivity contribution in [3.8, 4) is 0 Å². The molecule has 54 heavy (non-hydrogen) atoms. The Morgan fingerprint density at radius 2 is 1.31 bits per heavy atom. The summed E-state index contributed by atoms with van der Waals surface area (Å²) >= 11 is 0. The summed E-state index contributed by atoms with van der Waals surface area (Å²) in [5.74, 6) is -8.27. The molecule has 1 heterocycles. The van der Waals surface area contributed by atoms with Gasteiger partial charge in [-0.05, 0) is 46.0 Å². The standard InChI is InChI=1S/C34H59N9O11/c1-9-15(3)24-29(49)41-25(16(4)10-2)30(50)43-26(19(7)45)31(51)39-22(12-11-17(5)44)28(48)38-18(6)33(53)54-20(8)27(32(52)42-24)40-23(47)13-21(46)14-37-34(35)36/h15-16,18-22,24-27,45-46H,9-14H2,1-8H3,(H,38,48)(H,39,51)(H,40,47)(H,41,49)(H,42,52)(H,43,50)(H4,35,36,37). The number of carbonyl (C=O) groups excluding carboxylic acids is 8. The molecule has 1 aliphatic heterocycles. The van der Waals surface area contributed by atoms with Crippen molar-refractivity contribution >= 4 is 53.2 Å². The molecule has 0 saturated carbocycles. The summed E-state index contributed by atoms with van der Waals surface area (Å²) in [4.78, 5) is 106. The molecule has 1 saturated heterocycles. The van der Waals surface area contributed by atoms with E-state index in [1.165, 1.54) is 27.7 Å². The highest BCUT2D eigenvalue weighted by atomic mass is 16.5. The van der Waals surface area contributed by atoms with Gasteiger partial charge >= 0.3 is 5.97 Å². The fourth-order valence-electron chi connectivity index (χ4n) is 5.28. The van der Waals surface area contributed by atoms with Crippen molar-refractivity contribution in [1.82, 2.24) is 37.2 Å². The quantitative estimate of drug-likeness (QED) is 0.0504. The lowest BCUT2D eigenvalue weighted by atomic mass is 9.94. The minimum Gasteiger partial charge on any atom is -0.458 e. The SMILES string of the molecule is CCC(C)C1NC(=O)C(C(C)CC)NC(=O)C(NC(=O)CC(O)CNC(=N)N)C(C)OC(=O)C(C)NC(=O)C(CCC(C)=O)NC(=O)C(C(C)O)NC1=O. The van der Waals surface area contributed by atoms with E-state index in [2.05, 4.69) is 37.2 Å². The van der Waals surface area contributed by atoms with Gasteiger partial charge in [0.1, 0.15) is 48.1 Å². The molecule has 0 bridgehead atoms. The van der Waals surface area contributed by atoms with Gasteiger partial charge in [0.25, 0.3) is 0 Å². The van der Waals surface area contributed by atoms with Crippen LogP contribution in [0.4, 0.5) is 0 Å². The number of rotatable bonds is 13. The zero-order valence-electron chi connectivity index (χ0n) is 32.2. The van der Waals surface area contributed by atoms with Crippen LogP contribution in [0.25, 0.3) is 0 Å². The Bertz CT molecular complexity index is 1380. The Hall–Kier alpha value is -4.85. The van der Waals surface area contributed by atoms with Crippen LogP contribution in [0.5, 0.6) is 0 Å². The molecule has 20 nitrogen and oxygen atoms in total. The summed E-state index contributed by atoms with van der Waals surface area (Å²) in [6.07, 6.45) is -4.48. The molecule has 20 heteroatoms. The number of hydrogen-bond acceptors (Lipinski definition) is 12. The van der Waals surface area contributed by atoms with Gasteiger partial charge in [-0.2, -0.15) is 0 Å². The van der Waals surface area contributed by atoms with Crippen molar-refractivity contribution in [2.75, 3.05) is 6.54 Å². The second-order valence-electron chi connectivity index (χ2n) is 13.8. The first kappa shape index (κ1) is 47.2. The molecule has 1 fully saturated rings. The number of guanidine groups is 1. The van der Waals surface area contributed by atoms with Gasteiger partial charge in [-0.1, -0.05) is 40.5 Å². The highest BCUT2D eigenvalue weighted by molar-refractivity contribution is 5.97. The zero-order chi connectivity index (χ0) is 41.4. The third-order valence-electron chi connectivity index (χ3n) is 9.10. The van der Waals surface area contributed by atoms with Crippen LogP contribution in [0, 0.1) is 17.2 Å². The van der Waals surface area contributed by atoms with Crippen molar-refractivity contribution in [3.05, 3.63) is 0 Å². The van der Waals surface area contributed by atoms with E-state index in [1.807, 2.05) is 0 Å². The number of amides is 6. The minimum absolute atomic E-state index is 0.157. The van der Waals surface area contributed by atoms with Gasteiger partial charge in [0.05, 0.1) is 18.6 Å². The predicted molar refractivity (Wildman–Crippen MR) is 194 cm³/mol. The Kier molecular flexibility index (Phi) is 19.6. The van der Waals surface area contributed by atoms with Crippen LogP contribution in [0.1, 0.15) is 87.5 Å². The van der Waals surface area contributed by atoms with Gasteiger partial charge in [0, 0.05) is 13.0 Å². The van der Waals surface area contributed by atoms with E-state index in [-0.39, 0.29) is 25.2 Å². The topological polar surface area (TPSA) is 320 Å². The molecular weight excluding hydrogens is 710 g/mol. The number of aliphatic hydroxyl groups is 2. The number of cyclic esters (lactones) is 1. The summed E-state index contributed by atoms with van der Waals surface area (Å²) in [5.41, 5.74) is 5.23. The number of ketones is 1. The molecule has 0 aromatic heterocycles. The van der Waals surface area contributed by atoms with Gasteiger partial charge in [0.2, 0.25) is 35.4 Å². The van der Waals surface area contributed by atoms with Gasteiger partial charge in [0.15, 0.2) is 5.96 Å². The highest BCUT2D eigenvalue weighted by Gasteiger charge is 2.39. The molecule has 0 radical (unpaired) electrons. The summed E-state index contributed by atoms with van der Waals surface area (Å²) in [6.45, 7) is 11.6. The van der Waals surface area contributed by atoms with Crippen LogP contribution < -0.4 is 43.0 Å². The Morgan fingerprint density at radius 1 is 0.815 bits per heavy atom. The highest BCUT2D eigenvalue weighted by Crippen LogP contribution is 2.15. The average molecular weight is 770 g/mol. The second kappa shape index (κ2) is 22.4. The summed E-state index contributed by atoms with van der Waals surface area (Å²) in [5, 5.41) is 45.3. The van der Waals surface area contributed by atoms with E-state index in [0.29, 0.717) is 12.8 Å². The van der Waals surface area contributed by atoms with Gasteiger partial charge in [-0.25, -0.2) is 4.79 Å². The third-order valence-corrected chi connectivity index (χ3v) is 9.10. The van der Waals surface area contributed by atoms with Crippen molar-refractivity contribution in [2.24, 2.45) is 17.6 Å². The van der Waals surface area contributed by atoms with Gasteiger partial charge < -0.3 is 62.7 Å². The summed E-state index contributed by atoms with van der Waals surface area (Å²) in [7, 11) is 0. The van der Waals surface area contributed by atoms with E-state index >= 15 is 0 Å². The number of nitrogens with two attached hydrogens (primary N) is 1. The van der Waals surface area contributed by atoms with E-state index < -0.39 is 120 Å². The largest absolute Gasteiger partial charge is 0.458 e. The predicted octanol–water partition coefficient (Wildman–Crippen LogP) is -3.06.